The Morgan fingerprint density at radius 1 is 1.58 bits per heavy atom. The van der Waals surface area contributed by atoms with E-state index in [-0.39, 0.29) is 23.3 Å². The van der Waals surface area contributed by atoms with Gasteiger partial charge in [0.1, 0.15) is 5.54 Å². The lowest BCUT2D eigenvalue weighted by molar-refractivity contribution is -0.175. The minimum Gasteiger partial charge on any atom is -0.377 e. The standard InChI is InChI=1S/C14H23N3O2/c1-12(2,7-15)8-17-11(18)14(16)9-5-6-19-10(9)13(14,3)4/h9-10H,5-6,8,16H2,1-4H3,(H,17,18). The van der Waals surface area contributed by atoms with Gasteiger partial charge in [-0.05, 0) is 20.3 Å². The molecule has 1 saturated heterocycles. The van der Waals surface area contributed by atoms with E-state index < -0.39 is 11.0 Å². The molecule has 1 saturated carbocycles. The molecular formula is C14H23N3O2. The molecule has 2 aliphatic rings. The first kappa shape index (κ1) is 14.3. The van der Waals surface area contributed by atoms with Gasteiger partial charge >= 0.3 is 0 Å². The van der Waals surface area contributed by atoms with E-state index in [1.54, 1.807) is 13.8 Å². The molecular weight excluding hydrogens is 242 g/mol. The molecule has 19 heavy (non-hydrogen) atoms. The molecule has 0 radical (unpaired) electrons. The summed E-state index contributed by atoms with van der Waals surface area (Å²) in [4.78, 5) is 12.5. The van der Waals surface area contributed by atoms with Gasteiger partial charge in [0.25, 0.3) is 0 Å². The number of nitrogens with one attached hydrogen (secondary N) is 1. The molecule has 0 aromatic heterocycles. The summed E-state index contributed by atoms with van der Waals surface area (Å²) in [6, 6.07) is 2.17. The molecule has 0 aromatic carbocycles. The molecule has 3 unspecified atom stereocenters. The number of hydrogen-bond donors (Lipinski definition) is 2. The second-order valence-electron chi connectivity index (χ2n) is 6.96. The number of rotatable bonds is 3. The third kappa shape index (κ3) is 1.86. The summed E-state index contributed by atoms with van der Waals surface area (Å²) in [5, 5.41) is 11.8. The normalized spacial score (nSPS) is 36.0. The van der Waals surface area contributed by atoms with Crippen LogP contribution in [0.4, 0.5) is 0 Å². The predicted molar refractivity (Wildman–Crippen MR) is 71.0 cm³/mol. The molecule has 0 bridgehead atoms. The van der Waals surface area contributed by atoms with Crippen LogP contribution in [0.15, 0.2) is 0 Å². The van der Waals surface area contributed by atoms with Crippen LogP contribution in [-0.2, 0) is 9.53 Å². The lowest BCUT2D eigenvalue weighted by Gasteiger charge is -2.60. The van der Waals surface area contributed by atoms with Crippen LogP contribution in [0.2, 0.25) is 0 Å². The van der Waals surface area contributed by atoms with E-state index in [4.69, 9.17) is 15.7 Å². The molecule has 2 fully saturated rings. The summed E-state index contributed by atoms with van der Waals surface area (Å²) in [6.07, 6.45) is 0.909. The van der Waals surface area contributed by atoms with Crippen molar-refractivity contribution in [2.75, 3.05) is 13.2 Å². The monoisotopic (exact) mass is 265 g/mol. The van der Waals surface area contributed by atoms with Gasteiger partial charge in [-0.25, -0.2) is 0 Å². The van der Waals surface area contributed by atoms with Crippen molar-refractivity contribution in [3.8, 4) is 6.07 Å². The number of amides is 1. The summed E-state index contributed by atoms with van der Waals surface area (Å²) in [5.74, 6) is -0.0692. The van der Waals surface area contributed by atoms with E-state index in [2.05, 4.69) is 11.4 Å². The third-order valence-corrected chi connectivity index (χ3v) is 4.82. The Hall–Kier alpha value is -1.12. The van der Waals surface area contributed by atoms with Gasteiger partial charge in [-0.3, -0.25) is 4.79 Å². The number of nitrogens with zero attached hydrogens (tertiary/aromatic N) is 1. The average molecular weight is 265 g/mol. The predicted octanol–water partition coefficient (Wildman–Crippen LogP) is 0.795. The highest BCUT2D eigenvalue weighted by Crippen LogP contribution is 2.58. The summed E-state index contributed by atoms with van der Waals surface area (Å²) in [7, 11) is 0. The van der Waals surface area contributed by atoms with Crippen LogP contribution in [0.5, 0.6) is 0 Å². The third-order valence-electron chi connectivity index (χ3n) is 4.82. The number of ether oxygens (including phenoxy) is 1. The second kappa shape index (κ2) is 4.19. The van der Waals surface area contributed by atoms with Gasteiger partial charge in [0.2, 0.25) is 5.91 Å². The molecule has 106 valence electrons. The average Bonchev–Trinajstić information content (AvgIpc) is 2.83. The largest absolute Gasteiger partial charge is 0.377 e. The fourth-order valence-corrected chi connectivity index (χ4v) is 3.33. The second-order valence-corrected chi connectivity index (χ2v) is 6.96. The van der Waals surface area contributed by atoms with Gasteiger partial charge in [-0.15, -0.1) is 0 Å². The van der Waals surface area contributed by atoms with E-state index in [0.29, 0.717) is 13.2 Å². The Balaban J connectivity index is 2.09. The number of nitriles is 1. The Bertz CT molecular complexity index is 438. The van der Waals surface area contributed by atoms with E-state index >= 15 is 0 Å². The summed E-state index contributed by atoms with van der Waals surface area (Å²) < 4.78 is 5.67. The van der Waals surface area contributed by atoms with Gasteiger partial charge in [0.15, 0.2) is 0 Å². The fourth-order valence-electron chi connectivity index (χ4n) is 3.33. The molecule has 1 aliphatic carbocycles. The minimum absolute atomic E-state index is 0.0761. The molecule has 1 heterocycles. The number of fused-ring (bicyclic) bond motifs is 1. The highest BCUT2D eigenvalue weighted by molar-refractivity contribution is 5.89. The highest BCUT2D eigenvalue weighted by atomic mass is 16.5. The topological polar surface area (TPSA) is 88.1 Å². The van der Waals surface area contributed by atoms with Crippen LogP contribution in [0.3, 0.4) is 0 Å². The summed E-state index contributed by atoms with van der Waals surface area (Å²) in [6.45, 7) is 8.54. The zero-order valence-corrected chi connectivity index (χ0v) is 12.1. The fraction of sp³-hybridized carbons (Fsp3) is 0.857. The van der Waals surface area contributed by atoms with Crippen molar-refractivity contribution in [2.45, 2.75) is 45.8 Å². The van der Waals surface area contributed by atoms with Crippen molar-refractivity contribution in [3.05, 3.63) is 0 Å². The number of nitrogens with two attached hydrogens (primary N) is 1. The first-order valence-corrected chi connectivity index (χ1v) is 6.77. The smallest absolute Gasteiger partial charge is 0.241 e. The molecule has 5 heteroatoms. The maximum Gasteiger partial charge on any atom is 0.241 e. The van der Waals surface area contributed by atoms with Crippen LogP contribution in [-0.4, -0.2) is 30.7 Å². The van der Waals surface area contributed by atoms with Crippen molar-refractivity contribution in [1.82, 2.24) is 5.32 Å². The molecule has 1 amide bonds. The van der Waals surface area contributed by atoms with Gasteiger partial charge < -0.3 is 15.8 Å². The van der Waals surface area contributed by atoms with Crippen LogP contribution in [0, 0.1) is 28.1 Å². The minimum atomic E-state index is -0.889. The van der Waals surface area contributed by atoms with Crippen molar-refractivity contribution >= 4 is 5.91 Å². The Morgan fingerprint density at radius 3 is 2.79 bits per heavy atom. The zero-order chi connectivity index (χ0) is 14.5. The first-order valence-electron chi connectivity index (χ1n) is 6.77. The Kier molecular flexibility index (Phi) is 3.15. The van der Waals surface area contributed by atoms with Gasteiger partial charge in [0, 0.05) is 24.5 Å². The SMILES string of the molecule is CC(C)(C#N)CNC(=O)C1(N)C2CCOC2C1(C)C. The van der Waals surface area contributed by atoms with Crippen molar-refractivity contribution in [2.24, 2.45) is 22.5 Å². The van der Waals surface area contributed by atoms with E-state index in [1.165, 1.54) is 0 Å². The molecule has 2 rings (SSSR count). The van der Waals surface area contributed by atoms with Crippen molar-refractivity contribution in [1.29, 1.82) is 5.26 Å². The molecule has 5 nitrogen and oxygen atoms in total. The van der Waals surface area contributed by atoms with E-state index in [9.17, 15) is 4.79 Å². The number of carbonyl (C=O) groups excluding carboxylic acids is 1. The van der Waals surface area contributed by atoms with Gasteiger partial charge in [-0.2, -0.15) is 5.26 Å². The van der Waals surface area contributed by atoms with Crippen LogP contribution in [0.1, 0.15) is 34.1 Å². The molecule has 0 aromatic rings. The maximum atomic E-state index is 12.5. The Morgan fingerprint density at radius 2 is 2.21 bits per heavy atom. The van der Waals surface area contributed by atoms with Crippen LogP contribution < -0.4 is 11.1 Å². The lowest BCUT2D eigenvalue weighted by atomic mass is 9.48. The van der Waals surface area contributed by atoms with Gasteiger partial charge in [0.05, 0.1) is 17.6 Å². The molecule has 0 spiro atoms. The first-order chi connectivity index (χ1) is 8.67. The lowest BCUT2D eigenvalue weighted by Crippen LogP contribution is -2.80. The molecule has 1 aliphatic heterocycles. The molecule has 3 atom stereocenters. The Labute approximate surface area is 114 Å². The number of hydrogen-bond acceptors (Lipinski definition) is 4. The van der Waals surface area contributed by atoms with Crippen LogP contribution in [0.25, 0.3) is 0 Å². The number of carbonyl (C=O) groups is 1. The van der Waals surface area contributed by atoms with Crippen molar-refractivity contribution < 1.29 is 9.53 Å². The van der Waals surface area contributed by atoms with E-state index in [0.717, 1.165) is 6.42 Å². The van der Waals surface area contributed by atoms with Crippen molar-refractivity contribution in [3.63, 3.8) is 0 Å². The molecule has 3 N–H and O–H groups in total. The zero-order valence-electron chi connectivity index (χ0n) is 12.1. The highest BCUT2D eigenvalue weighted by Gasteiger charge is 2.71. The summed E-state index contributed by atoms with van der Waals surface area (Å²) >= 11 is 0. The van der Waals surface area contributed by atoms with E-state index in [1.807, 2.05) is 13.8 Å². The maximum absolute atomic E-state index is 12.5. The quantitative estimate of drug-likeness (QED) is 0.790. The summed E-state index contributed by atoms with van der Waals surface area (Å²) in [5.41, 5.74) is 4.57. The van der Waals surface area contributed by atoms with Gasteiger partial charge in [-0.1, -0.05) is 13.8 Å². The van der Waals surface area contributed by atoms with Crippen LogP contribution >= 0.6 is 0 Å².